The van der Waals surface area contributed by atoms with Crippen molar-refractivity contribution in [3.05, 3.63) is 48.6 Å². The quantitative estimate of drug-likeness (QED) is 0.0262. The van der Waals surface area contributed by atoms with Gasteiger partial charge in [-0.15, -0.1) is 0 Å². The minimum absolute atomic E-state index is 0.0813. The molecular weight excluding hydrogens is 829 g/mol. The highest BCUT2D eigenvalue weighted by atomic mass is 16.6. The molecule has 0 aromatic carbocycles. The number of hydrogen-bond donors (Lipinski definition) is 0. The fourth-order valence-electron chi connectivity index (χ4n) is 8.57. The van der Waals surface area contributed by atoms with Crippen molar-refractivity contribution in [3.63, 3.8) is 0 Å². The lowest BCUT2D eigenvalue weighted by Crippen LogP contribution is -2.30. The van der Waals surface area contributed by atoms with Crippen LogP contribution >= 0.6 is 0 Å². The Morgan fingerprint density at radius 3 is 0.910 bits per heavy atom. The van der Waals surface area contributed by atoms with Gasteiger partial charge in [0.25, 0.3) is 0 Å². The number of esters is 3. The van der Waals surface area contributed by atoms with Crippen LogP contribution in [-0.2, 0) is 28.6 Å². The Kier molecular flexibility index (Phi) is 53.8. The molecule has 0 spiro atoms. The van der Waals surface area contributed by atoms with E-state index in [9.17, 15) is 14.4 Å². The first-order valence-electron chi connectivity index (χ1n) is 29.2. The summed E-state index contributed by atoms with van der Waals surface area (Å²) < 4.78 is 16.8. The van der Waals surface area contributed by atoms with Crippen molar-refractivity contribution in [2.24, 2.45) is 0 Å². The van der Waals surface area contributed by atoms with Gasteiger partial charge in [0.1, 0.15) is 13.2 Å². The van der Waals surface area contributed by atoms with Crippen molar-refractivity contribution < 1.29 is 28.6 Å². The molecule has 0 aliphatic heterocycles. The predicted molar refractivity (Wildman–Crippen MR) is 289 cm³/mol. The molecule has 0 saturated carbocycles. The molecule has 0 heterocycles. The van der Waals surface area contributed by atoms with E-state index in [2.05, 4.69) is 39.0 Å². The minimum Gasteiger partial charge on any atom is -0.462 e. The lowest BCUT2D eigenvalue weighted by atomic mass is 10.0. The van der Waals surface area contributed by atoms with Gasteiger partial charge < -0.3 is 14.2 Å². The summed E-state index contributed by atoms with van der Waals surface area (Å²) in [5, 5.41) is 0. The molecule has 1 unspecified atom stereocenters. The molecule has 6 nitrogen and oxygen atoms in total. The van der Waals surface area contributed by atoms with Crippen LogP contribution in [0, 0.1) is 0 Å². The zero-order valence-corrected chi connectivity index (χ0v) is 44.7. The smallest absolute Gasteiger partial charge is 0.306 e. The van der Waals surface area contributed by atoms with Gasteiger partial charge in [0.15, 0.2) is 6.10 Å². The van der Waals surface area contributed by atoms with E-state index in [1.54, 1.807) is 0 Å². The average molecular weight is 940 g/mol. The normalized spacial score (nSPS) is 12.3. The Hall–Kier alpha value is -2.63. The van der Waals surface area contributed by atoms with E-state index >= 15 is 0 Å². The van der Waals surface area contributed by atoms with Crippen LogP contribution in [0.15, 0.2) is 48.6 Å². The van der Waals surface area contributed by atoms with Gasteiger partial charge in [-0.05, 0) is 38.5 Å². The summed E-state index contributed by atoms with van der Waals surface area (Å²) in [5.74, 6) is -0.904. The Bertz CT molecular complexity index is 1170. The van der Waals surface area contributed by atoms with Crippen molar-refractivity contribution in [3.8, 4) is 0 Å². The van der Waals surface area contributed by atoms with Gasteiger partial charge in [-0.2, -0.15) is 0 Å². The molecule has 0 radical (unpaired) electrons. The third-order valence-electron chi connectivity index (χ3n) is 12.9. The molecule has 0 amide bonds. The summed E-state index contributed by atoms with van der Waals surface area (Å²) in [4.78, 5) is 38.1. The van der Waals surface area contributed by atoms with E-state index in [-0.39, 0.29) is 31.1 Å². The van der Waals surface area contributed by atoms with Gasteiger partial charge >= 0.3 is 17.9 Å². The fraction of sp³-hybridized carbons (Fsp3) is 0.820. The van der Waals surface area contributed by atoms with Crippen LogP contribution in [0.2, 0.25) is 0 Å². The number of carbonyl (C=O) groups excluding carboxylic acids is 3. The maximum absolute atomic E-state index is 12.9. The lowest BCUT2D eigenvalue weighted by Gasteiger charge is -2.18. The largest absolute Gasteiger partial charge is 0.462 e. The summed E-state index contributed by atoms with van der Waals surface area (Å²) in [6.45, 7) is 6.51. The van der Waals surface area contributed by atoms with E-state index in [0.29, 0.717) is 19.3 Å². The Morgan fingerprint density at radius 1 is 0.313 bits per heavy atom. The summed E-state index contributed by atoms with van der Waals surface area (Å²) >= 11 is 0. The molecular formula is C61H110O6. The second kappa shape index (κ2) is 56.0. The van der Waals surface area contributed by atoms with Crippen LogP contribution < -0.4 is 0 Å². The SMILES string of the molecule is CC/C=C/C=C/C=C/C=C/CCCCCC(=O)OCC(COC(=O)CCCCCCCCCCCCCCCCCCCCC)OC(=O)CCCCCCCCCCCCCCCCCCC. The van der Waals surface area contributed by atoms with E-state index in [1.807, 2.05) is 30.4 Å². The number of ether oxygens (including phenoxy) is 3. The minimum atomic E-state index is -0.785. The van der Waals surface area contributed by atoms with Crippen molar-refractivity contribution in [1.29, 1.82) is 0 Å². The highest BCUT2D eigenvalue weighted by molar-refractivity contribution is 5.71. The van der Waals surface area contributed by atoms with Crippen LogP contribution in [-0.4, -0.2) is 37.2 Å². The van der Waals surface area contributed by atoms with Crippen molar-refractivity contribution >= 4 is 17.9 Å². The second-order valence-electron chi connectivity index (χ2n) is 19.6. The molecule has 0 N–H and O–H groups in total. The monoisotopic (exact) mass is 939 g/mol. The molecule has 0 rings (SSSR count). The number of unbranched alkanes of at least 4 members (excludes halogenated alkanes) is 37. The molecule has 0 aromatic rings. The van der Waals surface area contributed by atoms with Crippen molar-refractivity contribution in [2.75, 3.05) is 13.2 Å². The van der Waals surface area contributed by atoms with E-state index in [4.69, 9.17) is 14.2 Å². The predicted octanol–water partition coefficient (Wildman–Crippen LogP) is 19.4. The molecule has 6 heteroatoms. The molecule has 67 heavy (non-hydrogen) atoms. The van der Waals surface area contributed by atoms with Gasteiger partial charge in [-0.25, -0.2) is 0 Å². The van der Waals surface area contributed by atoms with Gasteiger partial charge in [-0.1, -0.05) is 294 Å². The summed E-state index contributed by atoms with van der Waals surface area (Å²) in [6.07, 6.45) is 68.2. The summed E-state index contributed by atoms with van der Waals surface area (Å²) in [5.41, 5.74) is 0. The molecule has 390 valence electrons. The first kappa shape index (κ1) is 64.4. The van der Waals surface area contributed by atoms with E-state index in [0.717, 1.165) is 70.6 Å². The van der Waals surface area contributed by atoms with Gasteiger partial charge in [0, 0.05) is 19.3 Å². The topological polar surface area (TPSA) is 78.9 Å². The van der Waals surface area contributed by atoms with Crippen LogP contribution in [0.25, 0.3) is 0 Å². The zero-order chi connectivity index (χ0) is 48.6. The van der Waals surface area contributed by atoms with E-state index < -0.39 is 6.10 Å². The molecule has 0 aromatic heterocycles. The van der Waals surface area contributed by atoms with Crippen molar-refractivity contribution in [2.45, 2.75) is 309 Å². The van der Waals surface area contributed by atoms with Crippen LogP contribution in [0.4, 0.5) is 0 Å². The average Bonchev–Trinajstić information content (AvgIpc) is 3.33. The fourth-order valence-corrected chi connectivity index (χ4v) is 8.57. The first-order chi connectivity index (χ1) is 33.0. The summed E-state index contributed by atoms with van der Waals surface area (Å²) in [6, 6.07) is 0. The number of carbonyl (C=O) groups is 3. The van der Waals surface area contributed by atoms with Gasteiger partial charge in [0.2, 0.25) is 0 Å². The van der Waals surface area contributed by atoms with Crippen LogP contribution in [0.5, 0.6) is 0 Å². The maximum atomic E-state index is 12.9. The molecule has 1 atom stereocenters. The number of rotatable bonds is 53. The Labute approximate surface area is 416 Å². The molecule has 0 fully saturated rings. The maximum Gasteiger partial charge on any atom is 0.306 e. The summed E-state index contributed by atoms with van der Waals surface area (Å²) in [7, 11) is 0. The molecule has 0 aliphatic carbocycles. The lowest BCUT2D eigenvalue weighted by molar-refractivity contribution is -0.167. The van der Waals surface area contributed by atoms with Crippen molar-refractivity contribution in [1.82, 2.24) is 0 Å². The third-order valence-corrected chi connectivity index (χ3v) is 12.9. The van der Waals surface area contributed by atoms with Crippen LogP contribution in [0.1, 0.15) is 303 Å². The Balaban J connectivity index is 4.34. The number of allylic oxidation sites excluding steroid dienone is 8. The standard InChI is InChI=1S/C61H110O6/c1-4-7-10-13-16-19-22-25-27-29-30-32-33-36-39-42-45-48-51-54-60(63)66-57-58(56-65-59(62)53-50-47-44-41-38-35-24-21-18-15-12-9-6-3)67-61(64)55-52-49-46-43-40-37-34-31-28-26-23-20-17-14-11-8-5-2/h9,12,15,18,21,24,35,38,58H,4-8,10-11,13-14,16-17,19-20,22-23,25-34,36-37,39-57H2,1-3H3/b12-9+,18-15+,24-21+,38-35+. The van der Waals surface area contributed by atoms with Gasteiger partial charge in [0.05, 0.1) is 0 Å². The molecule has 0 bridgehead atoms. The Morgan fingerprint density at radius 2 is 0.582 bits per heavy atom. The highest BCUT2D eigenvalue weighted by Gasteiger charge is 2.19. The van der Waals surface area contributed by atoms with E-state index in [1.165, 1.54) is 193 Å². The first-order valence-corrected chi connectivity index (χ1v) is 29.2. The zero-order valence-electron chi connectivity index (χ0n) is 44.7. The molecule has 0 aliphatic rings. The second-order valence-corrected chi connectivity index (χ2v) is 19.6. The van der Waals surface area contributed by atoms with Crippen LogP contribution in [0.3, 0.4) is 0 Å². The third kappa shape index (κ3) is 54.2. The number of hydrogen-bond acceptors (Lipinski definition) is 6. The molecule has 0 saturated heterocycles. The highest BCUT2D eigenvalue weighted by Crippen LogP contribution is 2.17. The van der Waals surface area contributed by atoms with Gasteiger partial charge in [-0.3, -0.25) is 14.4 Å².